The van der Waals surface area contributed by atoms with Crippen molar-refractivity contribution < 1.29 is 4.79 Å². The largest absolute Gasteiger partial charge is 0.338 e. The summed E-state index contributed by atoms with van der Waals surface area (Å²) in [5, 5.41) is 5.80. The Hall–Kier alpha value is -0.730. The summed E-state index contributed by atoms with van der Waals surface area (Å²) in [7, 11) is 0. The summed E-state index contributed by atoms with van der Waals surface area (Å²) < 4.78 is 0. The average molecular weight is 214 g/mol. The highest BCUT2D eigenvalue weighted by molar-refractivity contribution is 5.74. The van der Waals surface area contributed by atoms with E-state index in [1.54, 1.807) is 0 Å². The SMILES string of the molecule is CCCCCC(C)NC(=O)NCCCC. The fraction of sp³-hybridized carbons (Fsp3) is 0.917. The lowest BCUT2D eigenvalue weighted by Crippen LogP contribution is -2.41. The van der Waals surface area contributed by atoms with Crippen molar-refractivity contribution in [3.8, 4) is 0 Å². The van der Waals surface area contributed by atoms with E-state index in [1.807, 2.05) is 0 Å². The molecule has 0 bridgehead atoms. The highest BCUT2D eigenvalue weighted by Crippen LogP contribution is 2.02. The van der Waals surface area contributed by atoms with Crippen LogP contribution in [0.1, 0.15) is 59.3 Å². The van der Waals surface area contributed by atoms with Gasteiger partial charge in [0.2, 0.25) is 0 Å². The lowest BCUT2D eigenvalue weighted by Gasteiger charge is -2.14. The molecule has 0 aliphatic heterocycles. The van der Waals surface area contributed by atoms with E-state index in [0.29, 0.717) is 0 Å². The molecule has 1 unspecified atom stereocenters. The molecule has 90 valence electrons. The molecule has 0 rings (SSSR count). The van der Waals surface area contributed by atoms with Crippen LogP contribution in [0.3, 0.4) is 0 Å². The van der Waals surface area contributed by atoms with Gasteiger partial charge in [-0.2, -0.15) is 0 Å². The third-order valence-electron chi connectivity index (χ3n) is 2.43. The molecule has 0 aromatic rings. The van der Waals surface area contributed by atoms with Gasteiger partial charge in [0.05, 0.1) is 0 Å². The molecule has 0 saturated carbocycles. The Kier molecular flexibility index (Phi) is 9.33. The van der Waals surface area contributed by atoms with Gasteiger partial charge >= 0.3 is 6.03 Å². The van der Waals surface area contributed by atoms with E-state index < -0.39 is 0 Å². The Labute approximate surface area is 94.0 Å². The van der Waals surface area contributed by atoms with E-state index in [2.05, 4.69) is 31.4 Å². The van der Waals surface area contributed by atoms with Crippen LogP contribution in [0.15, 0.2) is 0 Å². The first-order chi connectivity index (χ1) is 7.20. The first-order valence-corrected chi connectivity index (χ1v) is 6.25. The van der Waals surface area contributed by atoms with Gasteiger partial charge in [0.15, 0.2) is 0 Å². The molecule has 3 nitrogen and oxygen atoms in total. The minimum atomic E-state index is -0.0209. The van der Waals surface area contributed by atoms with E-state index >= 15 is 0 Å². The first kappa shape index (κ1) is 14.3. The van der Waals surface area contributed by atoms with Crippen LogP contribution >= 0.6 is 0 Å². The van der Waals surface area contributed by atoms with Crippen molar-refractivity contribution in [1.29, 1.82) is 0 Å². The molecule has 0 radical (unpaired) electrons. The van der Waals surface area contributed by atoms with Crippen LogP contribution in [0.2, 0.25) is 0 Å². The smallest absolute Gasteiger partial charge is 0.314 e. The number of unbranched alkanes of at least 4 members (excludes halogenated alkanes) is 3. The molecule has 2 N–H and O–H groups in total. The molecule has 15 heavy (non-hydrogen) atoms. The summed E-state index contributed by atoms with van der Waals surface area (Å²) >= 11 is 0. The normalized spacial score (nSPS) is 12.2. The van der Waals surface area contributed by atoms with Gasteiger partial charge in [-0.1, -0.05) is 39.5 Å². The second-order valence-electron chi connectivity index (χ2n) is 4.15. The Morgan fingerprint density at radius 3 is 2.40 bits per heavy atom. The molecule has 0 heterocycles. The lowest BCUT2D eigenvalue weighted by atomic mass is 10.1. The monoisotopic (exact) mass is 214 g/mol. The number of hydrogen-bond donors (Lipinski definition) is 2. The number of hydrogen-bond acceptors (Lipinski definition) is 1. The van der Waals surface area contributed by atoms with Crippen LogP contribution in [-0.4, -0.2) is 18.6 Å². The minimum absolute atomic E-state index is 0.0209. The summed E-state index contributed by atoms with van der Waals surface area (Å²) in [5.41, 5.74) is 0. The quantitative estimate of drug-likeness (QED) is 0.599. The van der Waals surface area contributed by atoms with E-state index in [1.165, 1.54) is 19.3 Å². The van der Waals surface area contributed by atoms with Gasteiger partial charge in [-0.05, 0) is 19.8 Å². The molecule has 0 saturated heterocycles. The second kappa shape index (κ2) is 9.81. The van der Waals surface area contributed by atoms with Crippen molar-refractivity contribution in [2.45, 2.75) is 65.3 Å². The maximum absolute atomic E-state index is 11.3. The zero-order valence-corrected chi connectivity index (χ0v) is 10.4. The molecule has 3 heteroatoms. The standard InChI is InChI=1S/C12H26N2O/c1-4-6-8-9-11(3)14-12(15)13-10-7-5-2/h11H,4-10H2,1-3H3,(H2,13,14,15). The molecule has 0 aliphatic rings. The predicted octanol–water partition coefficient (Wildman–Crippen LogP) is 3.05. The summed E-state index contributed by atoms with van der Waals surface area (Å²) in [6, 6.07) is 0.269. The molecule has 2 amide bonds. The second-order valence-corrected chi connectivity index (χ2v) is 4.15. The Morgan fingerprint density at radius 2 is 1.80 bits per heavy atom. The number of amides is 2. The van der Waals surface area contributed by atoms with Crippen LogP contribution in [0, 0.1) is 0 Å². The maximum atomic E-state index is 11.3. The molecule has 0 aliphatic carbocycles. The summed E-state index contributed by atoms with van der Waals surface area (Å²) in [4.78, 5) is 11.3. The molecular weight excluding hydrogens is 188 g/mol. The third-order valence-corrected chi connectivity index (χ3v) is 2.43. The number of nitrogens with one attached hydrogen (secondary N) is 2. The molecule has 0 aromatic heterocycles. The van der Waals surface area contributed by atoms with Gasteiger partial charge in [0.25, 0.3) is 0 Å². The predicted molar refractivity (Wildman–Crippen MR) is 65.0 cm³/mol. The van der Waals surface area contributed by atoms with Gasteiger partial charge in [-0.3, -0.25) is 0 Å². The van der Waals surface area contributed by atoms with Crippen LogP contribution in [-0.2, 0) is 0 Å². The van der Waals surface area contributed by atoms with Crippen molar-refractivity contribution in [3.63, 3.8) is 0 Å². The van der Waals surface area contributed by atoms with Crippen molar-refractivity contribution >= 4 is 6.03 Å². The van der Waals surface area contributed by atoms with E-state index in [4.69, 9.17) is 0 Å². The topological polar surface area (TPSA) is 41.1 Å². The van der Waals surface area contributed by atoms with Gasteiger partial charge in [0, 0.05) is 12.6 Å². The van der Waals surface area contributed by atoms with Gasteiger partial charge in [-0.15, -0.1) is 0 Å². The summed E-state index contributed by atoms with van der Waals surface area (Å²) in [6.07, 6.45) is 6.94. The van der Waals surface area contributed by atoms with Crippen molar-refractivity contribution in [1.82, 2.24) is 10.6 Å². The average Bonchev–Trinajstić information content (AvgIpc) is 2.18. The Bertz CT molecular complexity index is 160. The summed E-state index contributed by atoms with van der Waals surface area (Å²) in [5.74, 6) is 0. The van der Waals surface area contributed by atoms with Crippen molar-refractivity contribution in [2.75, 3.05) is 6.54 Å². The third kappa shape index (κ3) is 9.57. The van der Waals surface area contributed by atoms with E-state index in [0.717, 1.165) is 25.8 Å². The van der Waals surface area contributed by atoms with Gasteiger partial charge < -0.3 is 10.6 Å². The zero-order chi connectivity index (χ0) is 11.5. The number of carbonyl (C=O) groups excluding carboxylic acids is 1. The van der Waals surface area contributed by atoms with Crippen molar-refractivity contribution in [3.05, 3.63) is 0 Å². The number of carbonyl (C=O) groups is 1. The molecular formula is C12H26N2O. The van der Waals surface area contributed by atoms with E-state index in [-0.39, 0.29) is 12.1 Å². The highest BCUT2D eigenvalue weighted by atomic mass is 16.2. The van der Waals surface area contributed by atoms with Crippen molar-refractivity contribution in [2.24, 2.45) is 0 Å². The van der Waals surface area contributed by atoms with Crippen LogP contribution in [0.4, 0.5) is 4.79 Å². The van der Waals surface area contributed by atoms with Gasteiger partial charge in [0.1, 0.15) is 0 Å². The van der Waals surface area contributed by atoms with Gasteiger partial charge in [-0.25, -0.2) is 4.79 Å². The number of rotatable bonds is 8. The fourth-order valence-corrected chi connectivity index (χ4v) is 1.43. The summed E-state index contributed by atoms with van der Waals surface area (Å²) in [6.45, 7) is 7.15. The maximum Gasteiger partial charge on any atom is 0.314 e. The highest BCUT2D eigenvalue weighted by Gasteiger charge is 2.05. The Morgan fingerprint density at radius 1 is 1.13 bits per heavy atom. The molecule has 1 atom stereocenters. The zero-order valence-electron chi connectivity index (χ0n) is 10.4. The Balaban J connectivity index is 3.40. The lowest BCUT2D eigenvalue weighted by molar-refractivity contribution is 0.237. The fourth-order valence-electron chi connectivity index (χ4n) is 1.43. The number of urea groups is 1. The van der Waals surface area contributed by atoms with Crippen LogP contribution in [0.25, 0.3) is 0 Å². The molecule has 0 aromatic carbocycles. The molecule has 0 spiro atoms. The van der Waals surface area contributed by atoms with Crippen LogP contribution < -0.4 is 10.6 Å². The molecule has 0 fully saturated rings. The van der Waals surface area contributed by atoms with E-state index in [9.17, 15) is 4.79 Å². The van der Waals surface area contributed by atoms with Crippen LogP contribution in [0.5, 0.6) is 0 Å². The first-order valence-electron chi connectivity index (χ1n) is 6.25. The minimum Gasteiger partial charge on any atom is -0.338 e.